The maximum Gasteiger partial charge on any atom is 0.317 e. The van der Waals surface area contributed by atoms with Gasteiger partial charge >= 0.3 is 11.9 Å². The van der Waals surface area contributed by atoms with Crippen LogP contribution in [-0.2, 0) is 23.9 Å². The molecule has 7 heteroatoms. The fraction of sp³-hybridized carbons (Fsp3) is 0.609. The summed E-state index contributed by atoms with van der Waals surface area (Å²) in [4.78, 5) is 39.3. The molecule has 1 N–H and O–H groups in total. The molecule has 1 aliphatic rings. The van der Waals surface area contributed by atoms with Gasteiger partial charge in [0, 0.05) is 16.8 Å². The zero-order chi connectivity index (χ0) is 23.1. The minimum absolute atomic E-state index is 0.339. The second-order valence-corrected chi connectivity index (χ2v) is 11.0. The third kappa shape index (κ3) is 5.91. The molecule has 1 fully saturated rings. The topological polar surface area (TPSA) is 89.9 Å². The van der Waals surface area contributed by atoms with Gasteiger partial charge in [0.1, 0.15) is 17.1 Å². The van der Waals surface area contributed by atoms with Gasteiger partial charge in [0.05, 0.1) is 11.5 Å². The lowest BCUT2D eigenvalue weighted by atomic mass is 9.61. The van der Waals surface area contributed by atoms with Crippen molar-refractivity contribution >= 4 is 33.7 Å². The lowest BCUT2D eigenvalue weighted by Crippen LogP contribution is -2.56. The quantitative estimate of drug-likeness (QED) is 0.513. The number of carbonyl (C=O) groups excluding carboxylic acids is 3. The van der Waals surface area contributed by atoms with Gasteiger partial charge in [-0.15, -0.1) is 0 Å². The van der Waals surface area contributed by atoms with Crippen LogP contribution in [0.15, 0.2) is 28.7 Å². The Morgan fingerprint density at radius 1 is 1.00 bits per heavy atom. The lowest BCUT2D eigenvalue weighted by Gasteiger charge is -2.44. The Hall–Kier alpha value is -1.73. The lowest BCUT2D eigenvalue weighted by molar-refractivity contribution is -0.182. The van der Waals surface area contributed by atoms with E-state index in [-0.39, 0.29) is 6.42 Å². The van der Waals surface area contributed by atoms with Crippen molar-refractivity contribution in [1.29, 1.82) is 0 Å². The van der Waals surface area contributed by atoms with Crippen LogP contribution in [0, 0.1) is 11.8 Å². The molecule has 1 aliphatic carbocycles. The summed E-state index contributed by atoms with van der Waals surface area (Å²) in [5, 5.41) is 11.1. The summed E-state index contributed by atoms with van der Waals surface area (Å²) in [7, 11) is 0. The summed E-state index contributed by atoms with van der Waals surface area (Å²) < 4.78 is 11.9. The Labute approximate surface area is 186 Å². The largest absolute Gasteiger partial charge is 0.460 e. The van der Waals surface area contributed by atoms with Crippen LogP contribution in [0.2, 0.25) is 0 Å². The first-order valence-electron chi connectivity index (χ1n) is 9.98. The van der Waals surface area contributed by atoms with Crippen LogP contribution in [0.25, 0.3) is 0 Å². The SMILES string of the molecule is CC(C)(C)OC(=O)[C@H]1C(=O)C[C@@](C)(O)[C@H](C(=O)OC(C)(C)C)[C@H]1c1ccc(Br)cc1. The molecule has 166 valence electrons. The third-order valence-electron chi connectivity index (χ3n) is 4.84. The van der Waals surface area contributed by atoms with Crippen LogP contribution < -0.4 is 0 Å². The van der Waals surface area contributed by atoms with Gasteiger partial charge in [0.15, 0.2) is 5.78 Å². The summed E-state index contributed by atoms with van der Waals surface area (Å²) in [5.74, 6) is -5.07. The average molecular weight is 483 g/mol. The highest BCUT2D eigenvalue weighted by Gasteiger charge is 2.57. The number of halogens is 1. The van der Waals surface area contributed by atoms with Gasteiger partial charge in [-0.2, -0.15) is 0 Å². The summed E-state index contributed by atoms with van der Waals surface area (Å²) in [5.41, 5.74) is -2.68. The highest BCUT2D eigenvalue weighted by atomic mass is 79.9. The summed E-state index contributed by atoms with van der Waals surface area (Å²) in [6.45, 7) is 11.8. The predicted molar refractivity (Wildman–Crippen MR) is 116 cm³/mol. The van der Waals surface area contributed by atoms with Gasteiger partial charge in [-0.3, -0.25) is 14.4 Å². The standard InChI is InChI=1S/C23H31BrO6/c1-21(2,3)29-19(26)17-15(25)12-23(7,28)18(20(27)30-22(4,5)6)16(17)13-8-10-14(24)11-9-13/h8-11,16-18,28H,12H2,1-7H3/t16-,17-,18-,23+/m0/s1. The van der Waals surface area contributed by atoms with Gasteiger partial charge in [0.2, 0.25) is 0 Å². The number of benzene rings is 1. The van der Waals surface area contributed by atoms with Crippen molar-refractivity contribution in [2.24, 2.45) is 11.8 Å². The molecule has 1 aromatic rings. The number of ether oxygens (including phenoxy) is 2. The molecule has 4 atom stereocenters. The summed E-state index contributed by atoms with van der Waals surface area (Å²) in [6, 6.07) is 7.00. The third-order valence-corrected chi connectivity index (χ3v) is 5.37. The zero-order valence-corrected chi connectivity index (χ0v) is 20.2. The van der Waals surface area contributed by atoms with Crippen LogP contribution in [0.3, 0.4) is 0 Å². The molecular formula is C23H31BrO6. The molecule has 0 radical (unpaired) electrons. The Kier molecular flexibility index (Phi) is 6.89. The highest BCUT2D eigenvalue weighted by Crippen LogP contribution is 2.47. The zero-order valence-electron chi connectivity index (χ0n) is 18.6. The summed E-state index contributed by atoms with van der Waals surface area (Å²) >= 11 is 3.37. The molecule has 0 bridgehead atoms. The summed E-state index contributed by atoms with van der Waals surface area (Å²) in [6.07, 6.45) is -0.339. The van der Waals surface area contributed by atoms with Crippen LogP contribution in [0.5, 0.6) is 0 Å². The number of aliphatic hydroxyl groups is 1. The second-order valence-electron chi connectivity index (χ2n) is 10.1. The van der Waals surface area contributed by atoms with E-state index in [1.165, 1.54) is 6.92 Å². The van der Waals surface area contributed by atoms with Crippen molar-refractivity contribution in [3.8, 4) is 0 Å². The number of carbonyl (C=O) groups is 3. The Morgan fingerprint density at radius 3 is 1.93 bits per heavy atom. The van der Waals surface area contributed by atoms with Crippen LogP contribution in [0.4, 0.5) is 0 Å². The smallest absolute Gasteiger partial charge is 0.317 e. The van der Waals surface area contributed by atoms with E-state index in [0.717, 1.165) is 4.47 Å². The van der Waals surface area contributed by atoms with Crippen molar-refractivity contribution < 1.29 is 29.0 Å². The second kappa shape index (κ2) is 8.42. The van der Waals surface area contributed by atoms with Gasteiger partial charge < -0.3 is 14.6 Å². The normalized spacial score (nSPS) is 27.5. The first-order chi connectivity index (χ1) is 13.5. The van der Waals surface area contributed by atoms with Crippen LogP contribution >= 0.6 is 15.9 Å². The highest BCUT2D eigenvalue weighted by molar-refractivity contribution is 9.10. The number of esters is 2. The number of rotatable bonds is 3. The van der Waals surface area contributed by atoms with E-state index in [2.05, 4.69) is 15.9 Å². The Bertz CT molecular complexity index is 814. The van der Waals surface area contributed by atoms with E-state index in [1.807, 2.05) is 0 Å². The van der Waals surface area contributed by atoms with Crippen LogP contribution in [-0.4, -0.2) is 39.6 Å². The number of Topliss-reactive ketones (excluding diaryl/α,β-unsaturated/α-hetero) is 1. The van der Waals surface area contributed by atoms with Gasteiger partial charge in [-0.25, -0.2) is 0 Å². The van der Waals surface area contributed by atoms with Crippen molar-refractivity contribution in [1.82, 2.24) is 0 Å². The molecule has 0 spiro atoms. The molecule has 0 heterocycles. The Morgan fingerprint density at radius 2 is 1.47 bits per heavy atom. The van der Waals surface area contributed by atoms with E-state index in [1.54, 1.807) is 65.8 Å². The molecule has 6 nitrogen and oxygen atoms in total. The molecule has 1 aromatic carbocycles. The van der Waals surface area contributed by atoms with E-state index in [0.29, 0.717) is 5.56 Å². The first kappa shape index (κ1) is 24.5. The molecule has 0 saturated heterocycles. The van der Waals surface area contributed by atoms with Crippen molar-refractivity contribution in [3.05, 3.63) is 34.3 Å². The Balaban J connectivity index is 2.62. The van der Waals surface area contributed by atoms with Crippen molar-refractivity contribution in [2.45, 2.75) is 77.6 Å². The molecule has 30 heavy (non-hydrogen) atoms. The number of hydrogen-bond donors (Lipinski definition) is 1. The fourth-order valence-corrected chi connectivity index (χ4v) is 4.10. The molecule has 0 aromatic heterocycles. The predicted octanol–water partition coefficient (Wildman–Crippen LogP) is 4.17. The maximum absolute atomic E-state index is 13.2. The first-order valence-corrected chi connectivity index (χ1v) is 10.8. The molecule has 1 saturated carbocycles. The minimum atomic E-state index is -1.67. The van der Waals surface area contributed by atoms with Crippen molar-refractivity contribution in [3.63, 3.8) is 0 Å². The monoisotopic (exact) mass is 482 g/mol. The minimum Gasteiger partial charge on any atom is -0.460 e. The number of hydrogen-bond acceptors (Lipinski definition) is 6. The fourth-order valence-electron chi connectivity index (χ4n) is 3.83. The van der Waals surface area contributed by atoms with Gasteiger partial charge in [0.25, 0.3) is 0 Å². The van der Waals surface area contributed by atoms with E-state index >= 15 is 0 Å². The molecule has 2 rings (SSSR count). The molecular weight excluding hydrogens is 452 g/mol. The van der Waals surface area contributed by atoms with E-state index < -0.39 is 52.3 Å². The molecule has 0 amide bonds. The molecule has 0 unspecified atom stereocenters. The van der Waals surface area contributed by atoms with E-state index in [4.69, 9.17) is 9.47 Å². The number of ketones is 1. The maximum atomic E-state index is 13.2. The van der Waals surface area contributed by atoms with Crippen molar-refractivity contribution in [2.75, 3.05) is 0 Å². The van der Waals surface area contributed by atoms with Gasteiger partial charge in [-0.1, -0.05) is 28.1 Å². The van der Waals surface area contributed by atoms with Gasteiger partial charge in [-0.05, 0) is 66.2 Å². The van der Waals surface area contributed by atoms with Crippen LogP contribution in [0.1, 0.15) is 66.4 Å². The molecule has 0 aliphatic heterocycles. The van der Waals surface area contributed by atoms with E-state index in [9.17, 15) is 19.5 Å². The average Bonchev–Trinajstić information content (AvgIpc) is 2.50.